The SMILES string of the molecule is C.CCc1nc(-c2cc(C(=O)O)c(C)cc2CC2CCC2)n[nH]1.CCc1nc(-c2cc(C(=O)OC)c(C)cc2CC2CCC2)n[nH]1.[Na+].[OH-]. The summed E-state index contributed by atoms with van der Waals surface area (Å²) in [5, 5.41) is 23.9. The van der Waals surface area contributed by atoms with Gasteiger partial charge in [0, 0.05) is 24.0 Å². The van der Waals surface area contributed by atoms with E-state index in [-0.39, 0.29) is 48.4 Å². The predicted molar refractivity (Wildman–Crippen MR) is 181 cm³/mol. The number of ether oxygens (including phenoxy) is 1. The number of methoxy groups -OCH3 is 1. The van der Waals surface area contributed by atoms with Crippen LogP contribution in [-0.2, 0) is 30.4 Å². The zero-order valence-electron chi connectivity index (χ0n) is 28.4. The largest absolute Gasteiger partial charge is 1.00 e. The van der Waals surface area contributed by atoms with Gasteiger partial charge in [0.2, 0.25) is 0 Å². The second-order valence-corrected chi connectivity index (χ2v) is 12.4. The van der Waals surface area contributed by atoms with Gasteiger partial charge in [0.05, 0.1) is 18.2 Å². The normalized spacial score (nSPS) is 13.8. The molecule has 2 aliphatic carbocycles. The Balaban J connectivity index is 0.000000314. The van der Waals surface area contributed by atoms with Crippen LogP contribution in [0.1, 0.15) is 114 Å². The second-order valence-electron chi connectivity index (χ2n) is 12.4. The van der Waals surface area contributed by atoms with Crippen LogP contribution in [0.3, 0.4) is 0 Å². The van der Waals surface area contributed by atoms with Crippen molar-refractivity contribution in [1.29, 1.82) is 0 Å². The third kappa shape index (κ3) is 9.40. The van der Waals surface area contributed by atoms with Gasteiger partial charge in [0.1, 0.15) is 11.6 Å². The van der Waals surface area contributed by atoms with Gasteiger partial charge in [0.15, 0.2) is 11.6 Å². The molecule has 254 valence electrons. The van der Waals surface area contributed by atoms with Gasteiger partial charge in [-0.3, -0.25) is 10.2 Å². The first-order chi connectivity index (χ1) is 21.7. The van der Waals surface area contributed by atoms with E-state index in [2.05, 4.69) is 36.4 Å². The van der Waals surface area contributed by atoms with Gasteiger partial charge in [-0.25, -0.2) is 19.6 Å². The van der Waals surface area contributed by atoms with E-state index in [0.29, 0.717) is 28.7 Å². The Hall–Kier alpha value is -3.38. The number of H-pyrrole nitrogens is 2. The molecule has 2 fully saturated rings. The van der Waals surface area contributed by atoms with Crippen LogP contribution < -0.4 is 29.6 Å². The van der Waals surface area contributed by atoms with Crippen LogP contribution in [0.2, 0.25) is 0 Å². The topological polar surface area (TPSA) is 177 Å². The van der Waals surface area contributed by atoms with Crippen molar-refractivity contribution in [2.75, 3.05) is 7.11 Å². The summed E-state index contributed by atoms with van der Waals surface area (Å²) in [6.45, 7) is 7.86. The summed E-state index contributed by atoms with van der Waals surface area (Å²) in [5.41, 5.74) is 6.84. The van der Waals surface area contributed by atoms with Gasteiger partial charge in [0.25, 0.3) is 0 Å². The Kier molecular flexibility index (Phi) is 15.6. The van der Waals surface area contributed by atoms with Crippen molar-refractivity contribution in [2.24, 2.45) is 11.8 Å². The first-order valence-electron chi connectivity index (χ1n) is 16.1. The molecule has 2 aromatic heterocycles. The number of rotatable bonds is 10. The number of benzene rings is 2. The molecule has 0 saturated heterocycles. The van der Waals surface area contributed by atoms with Crippen LogP contribution in [0.25, 0.3) is 22.8 Å². The number of hydrogen-bond donors (Lipinski definition) is 3. The van der Waals surface area contributed by atoms with Crippen molar-refractivity contribution in [3.05, 3.63) is 69.3 Å². The molecule has 4 N–H and O–H groups in total. The molecule has 2 heterocycles. The van der Waals surface area contributed by atoms with E-state index in [1.807, 2.05) is 39.8 Å². The first kappa shape index (κ1) is 40.8. The molecule has 0 unspecified atom stereocenters. The Morgan fingerprint density at radius 1 is 0.792 bits per heavy atom. The monoisotopic (exact) mass is 668 g/mol. The Bertz CT molecular complexity index is 1680. The van der Waals surface area contributed by atoms with Crippen molar-refractivity contribution in [1.82, 2.24) is 30.4 Å². The summed E-state index contributed by atoms with van der Waals surface area (Å²) in [4.78, 5) is 32.5. The van der Waals surface area contributed by atoms with E-state index in [9.17, 15) is 14.7 Å². The van der Waals surface area contributed by atoms with E-state index >= 15 is 0 Å². The molecule has 2 aromatic carbocycles. The number of carboxylic acid groups (broad SMARTS) is 1. The van der Waals surface area contributed by atoms with Gasteiger partial charge >= 0.3 is 41.5 Å². The Morgan fingerprint density at radius 3 is 1.54 bits per heavy atom. The summed E-state index contributed by atoms with van der Waals surface area (Å²) < 4.78 is 4.90. The van der Waals surface area contributed by atoms with E-state index in [4.69, 9.17) is 4.74 Å². The van der Waals surface area contributed by atoms with Crippen LogP contribution in [0.4, 0.5) is 0 Å². The number of esters is 1. The van der Waals surface area contributed by atoms with E-state index < -0.39 is 5.97 Å². The zero-order chi connectivity index (χ0) is 32.1. The number of carbonyl (C=O) groups excluding carboxylic acids is 1. The zero-order valence-corrected chi connectivity index (χ0v) is 30.4. The van der Waals surface area contributed by atoms with Crippen molar-refractivity contribution in [2.45, 2.75) is 99.3 Å². The van der Waals surface area contributed by atoms with Crippen LogP contribution >= 0.6 is 0 Å². The second kappa shape index (κ2) is 18.4. The number of hydrogen-bond acceptors (Lipinski definition) is 8. The fourth-order valence-electron chi connectivity index (χ4n) is 6.01. The van der Waals surface area contributed by atoms with Gasteiger partial charge in [-0.05, 0) is 72.9 Å². The number of carbonyl (C=O) groups is 2. The number of carboxylic acids is 1. The van der Waals surface area contributed by atoms with Crippen molar-refractivity contribution in [3.8, 4) is 22.8 Å². The Morgan fingerprint density at radius 2 is 1.21 bits per heavy atom. The number of nitrogens with zero attached hydrogens (tertiary/aromatic N) is 4. The van der Waals surface area contributed by atoms with E-state index in [1.165, 1.54) is 51.2 Å². The molecule has 11 nitrogen and oxygen atoms in total. The van der Waals surface area contributed by atoms with Crippen molar-refractivity contribution < 1.29 is 54.5 Å². The molecule has 4 aromatic rings. The van der Waals surface area contributed by atoms with Gasteiger partial charge in [-0.15, -0.1) is 0 Å². The number of aromatic nitrogens is 6. The minimum absolute atomic E-state index is 0. The molecular formula is C36H49N6NaO5. The maximum atomic E-state index is 12.0. The van der Waals surface area contributed by atoms with Crippen molar-refractivity contribution in [3.63, 3.8) is 0 Å². The molecule has 12 heteroatoms. The fraction of sp³-hybridized carbons (Fsp3) is 0.500. The van der Waals surface area contributed by atoms with Crippen LogP contribution in [0.15, 0.2) is 24.3 Å². The summed E-state index contributed by atoms with van der Waals surface area (Å²) >= 11 is 0. The maximum Gasteiger partial charge on any atom is 1.00 e. The standard InChI is InChI=1S/C18H23N3O2.C17H21N3O2.CH4.Na.H2O/c1-4-16-19-17(21-20-16)15-10-14(18(22)23-3)11(2)8-13(15)9-12-6-5-7-12;1-3-15-18-16(20-19-15)14-9-13(17(21)22)10(2)7-12(14)8-11-5-4-6-11;;;/h8,10,12H,4-7,9H2,1-3H3,(H,19,20,21);7,9,11H,3-6,8H2,1-2H3,(H,21,22)(H,18,19,20);1H4;;1H2/q;;;+1;/p-1. The molecule has 2 aliphatic rings. The summed E-state index contributed by atoms with van der Waals surface area (Å²) in [6.07, 6.45) is 11.3. The number of aromatic amines is 2. The summed E-state index contributed by atoms with van der Waals surface area (Å²) in [5.74, 6) is 3.18. The minimum atomic E-state index is -0.903. The number of aryl methyl sites for hydroxylation is 4. The molecule has 2 saturated carbocycles. The molecule has 0 atom stereocenters. The number of nitrogens with one attached hydrogen (secondary N) is 2. The van der Waals surface area contributed by atoms with Gasteiger partial charge in [-0.1, -0.05) is 71.9 Å². The number of aromatic carboxylic acids is 1. The Labute approximate surface area is 305 Å². The van der Waals surface area contributed by atoms with Crippen LogP contribution in [-0.4, -0.2) is 60.0 Å². The maximum absolute atomic E-state index is 12.0. The fourth-order valence-corrected chi connectivity index (χ4v) is 6.01. The molecule has 0 radical (unpaired) electrons. The van der Waals surface area contributed by atoms with Crippen LogP contribution in [0, 0.1) is 25.7 Å². The molecule has 0 spiro atoms. The first-order valence-corrected chi connectivity index (χ1v) is 16.1. The minimum Gasteiger partial charge on any atom is -0.870 e. The molecule has 0 aliphatic heterocycles. The third-order valence-corrected chi connectivity index (χ3v) is 9.22. The van der Waals surface area contributed by atoms with E-state index in [1.54, 1.807) is 6.07 Å². The quantitative estimate of drug-likeness (QED) is 0.164. The van der Waals surface area contributed by atoms with Crippen molar-refractivity contribution >= 4 is 11.9 Å². The predicted octanol–water partition coefficient (Wildman–Crippen LogP) is 4.32. The molecular weight excluding hydrogens is 619 g/mol. The summed E-state index contributed by atoms with van der Waals surface area (Å²) in [6, 6.07) is 7.72. The molecule has 48 heavy (non-hydrogen) atoms. The summed E-state index contributed by atoms with van der Waals surface area (Å²) in [7, 11) is 1.41. The third-order valence-electron chi connectivity index (χ3n) is 9.22. The van der Waals surface area contributed by atoms with Gasteiger partial charge < -0.3 is 15.3 Å². The van der Waals surface area contributed by atoms with Crippen LogP contribution in [0.5, 0.6) is 0 Å². The van der Waals surface area contributed by atoms with E-state index in [0.717, 1.165) is 71.1 Å². The average Bonchev–Trinajstić information content (AvgIpc) is 3.67. The molecule has 0 amide bonds. The molecule has 6 rings (SSSR count). The average molecular weight is 669 g/mol. The smallest absolute Gasteiger partial charge is 0.870 e. The van der Waals surface area contributed by atoms with Gasteiger partial charge in [-0.2, -0.15) is 10.2 Å². The molecule has 0 bridgehead atoms.